The highest BCUT2D eigenvalue weighted by atomic mass is 32.1. The molecule has 8 nitrogen and oxygen atoms in total. The van der Waals surface area contributed by atoms with Gasteiger partial charge >= 0.3 is 5.97 Å². The fourth-order valence-corrected chi connectivity index (χ4v) is 3.47. The molecule has 1 saturated heterocycles. The second kappa shape index (κ2) is 8.93. The Labute approximate surface area is 193 Å². The van der Waals surface area contributed by atoms with Crippen molar-refractivity contribution in [2.75, 3.05) is 4.90 Å². The van der Waals surface area contributed by atoms with E-state index in [0.29, 0.717) is 17.2 Å². The molecule has 0 atom stereocenters. The Morgan fingerprint density at radius 1 is 0.939 bits per heavy atom. The predicted octanol–water partition coefficient (Wildman–Crippen LogP) is 3.71. The van der Waals surface area contributed by atoms with Crippen molar-refractivity contribution >= 4 is 46.9 Å². The second-order valence-electron chi connectivity index (χ2n) is 6.92. The first-order valence-corrected chi connectivity index (χ1v) is 10.1. The summed E-state index contributed by atoms with van der Waals surface area (Å²) in [5.74, 6) is -2.19. The van der Waals surface area contributed by atoms with Gasteiger partial charge in [0.05, 0.1) is 5.69 Å². The molecule has 1 aliphatic rings. The smallest absolute Gasteiger partial charge is 0.339 e. The van der Waals surface area contributed by atoms with Crippen LogP contribution in [0.4, 0.5) is 5.69 Å². The number of carbonyl (C=O) groups is 3. The number of carboxylic acids is 1. The number of nitrogens with zero attached hydrogens (tertiary/aromatic N) is 1. The number of amides is 2. The molecule has 3 aromatic carbocycles. The van der Waals surface area contributed by atoms with Crippen LogP contribution >= 0.6 is 12.2 Å². The lowest BCUT2D eigenvalue weighted by atomic mass is 10.0. The lowest BCUT2D eigenvalue weighted by Gasteiger charge is -2.29. The van der Waals surface area contributed by atoms with Crippen LogP contribution in [0.5, 0.6) is 17.2 Å². The minimum absolute atomic E-state index is 0.00720. The summed E-state index contributed by atoms with van der Waals surface area (Å²) in [6.07, 6.45) is 1.13. The lowest BCUT2D eigenvalue weighted by molar-refractivity contribution is -0.122. The summed E-state index contributed by atoms with van der Waals surface area (Å²) in [7, 11) is 0. The van der Waals surface area contributed by atoms with Crippen molar-refractivity contribution in [3.05, 3.63) is 89.5 Å². The molecule has 0 aliphatic carbocycles. The number of para-hydroxylation sites is 2. The van der Waals surface area contributed by atoms with Gasteiger partial charge in [-0.25, -0.2) is 4.79 Å². The Kier molecular flexibility index (Phi) is 5.88. The van der Waals surface area contributed by atoms with Crippen LogP contribution in [-0.2, 0) is 9.59 Å². The van der Waals surface area contributed by atoms with Crippen molar-refractivity contribution in [2.24, 2.45) is 0 Å². The van der Waals surface area contributed by atoms with Gasteiger partial charge in [0.1, 0.15) is 28.4 Å². The van der Waals surface area contributed by atoms with Gasteiger partial charge in [-0.3, -0.25) is 19.8 Å². The van der Waals surface area contributed by atoms with Crippen molar-refractivity contribution in [1.29, 1.82) is 0 Å². The van der Waals surface area contributed by atoms with E-state index in [9.17, 15) is 24.6 Å². The Bertz CT molecular complexity index is 1300. The number of aromatic carboxylic acids is 1. The first-order chi connectivity index (χ1) is 15.8. The zero-order valence-electron chi connectivity index (χ0n) is 16.9. The number of benzene rings is 3. The molecule has 3 N–H and O–H groups in total. The average Bonchev–Trinajstić information content (AvgIpc) is 2.79. The van der Waals surface area contributed by atoms with Crippen LogP contribution in [0.3, 0.4) is 0 Å². The summed E-state index contributed by atoms with van der Waals surface area (Å²) < 4.78 is 5.74. The van der Waals surface area contributed by atoms with Crippen molar-refractivity contribution in [3.8, 4) is 17.2 Å². The van der Waals surface area contributed by atoms with E-state index in [4.69, 9.17) is 17.0 Å². The standard InChI is InChI=1S/C24H16N2O6S/c27-20-14(5-4-8-18(20)23(30)31)13-19-21(28)25-24(33)26(22(19)29)15-9-11-17(12-10-15)32-16-6-2-1-3-7-16/h1-13,27H,(H,30,31)(H,25,28,33)/b19-13+. The zero-order valence-corrected chi connectivity index (χ0v) is 17.7. The topological polar surface area (TPSA) is 116 Å². The third-order valence-corrected chi connectivity index (χ3v) is 5.06. The van der Waals surface area contributed by atoms with Crippen molar-refractivity contribution in [3.63, 3.8) is 0 Å². The highest BCUT2D eigenvalue weighted by Gasteiger charge is 2.34. The van der Waals surface area contributed by atoms with E-state index >= 15 is 0 Å². The van der Waals surface area contributed by atoms with Crippen molar-refractivity contribution in [1.82, 2.24) is 5.32 Å². The minimum Gasteiger partial charge on any atom is -0.506 e. The van der Waals surface area contributed by atoms with Crippen LogP contribution in [0.1, 0.15) is 15.9 Å². The number of aromatic hydroxyl groups is 1. The van der Waals surface area contributed by atoms with Crippen LogP contribution in [0.25, 0.3) is 6.08 Å². The number of hydrogen-bond acceptors (Lipinski definition) is 6. The maximum absolute atomic E-state index is 13.1. The highest BCUT2D eigenvalue weighted by molar-refractivity contribution is 7.80. The molecule has 9 heteroatoms. The SMILES string of the molecule is O=C1NC(=S)N(c2ccc(Oc3ccccc3)cc2)C(=O)/C1=C/c1cccc(C(=O)O)c1O. The molecule has 0 unspecified atom stereocenters. The number of hydrogen-bond donors (Lipinski definition) is 3. The fourth-order valence-electron chi connectivity index (χ4n) is 3.19. The number of carboxylic acid groups (broad SMARTS) is 1. The highest BCUT2D eigenvalue weighted by Crippen LogP contribution is 2.29. The van der Waals surface area contributed by atoms with Gasteiger partial charge < -0.3 is 14.9 Å². The molecule has 3 aromatic rings. The molecule has 0 radical (unpaired) electrons. The minimum atomic E-state index is -1.34. The number of phenols is 1. The van der Waals surface area contributed by atoms with Gasteiger partial charge in [-0.05, 0) is 60.8 Å². The molecule has 164 valence electrons. The van der Waals surface area contributed by atoms with E-state index < -0.39 is 23.5 Å². The number of ether oxygens (including phenoxy) is 1. The second-order valence-corrected chi connectivity index (χ2v) is 7.30. The molecule has 1 heterocycles. The van der Waals surface area contributed by atoms with Gasteiger partial charge in [0.25, 0.3) is 11.8 Å². The van der Waals surface area contributed by atoms with Gasteiger partial charge in [-0.2, -0.15) is 0 Å². The largest absolute Gasteiger partial charge is 0.506 e. The molecule has 4 rings (SSSR count). The normalized spacial score (nSPS) is 14.8. The van der Waals surface area contributed by atoms with Crippen LogP contribution in [0.15, 0.2) is 78.4 Å². The number of nitrogens with one attached hydrogen (secondary N) is 1. The Balaban J connectivity index is 1.64. The van der Waals surface area contributed by atoms with Gasteiger partial charge in [0.15, 0.2) is 5.11 Å². The summed E-state index contributed by atoms with van der Waals surface area (Å²) in [5, 5.41) is 21.7. The van der Waals surface area contributed by atoms with Gasteiger partial charge in [0.2, 0.25) is 0 Å². The number of anilines is 1. The molecule has 0 bridgehead atoms. The number of rotatable bonds is 5. The predicted molar refractivity (Wildman–Crippen MR) is 124 cm³/mol. The average molecular weight is 460 g/mol. The van der Waals surface area contributed by atoms with E-state index in [1.54, 1.807) is 36.4 Å². The monoisotopic (exact) mass is 460 g/mol. The molecule has 0 saturated carbocycles. The summed E-state index contributed by atoms with van der Waals surface area (Å²) in [4.78, 5) is 38.0. The Morgan fingerprint density at radius 2 is 1.61 bits per heavy atom. The quantitative estimate of drug-likeness (QED) is 0.302. The van der Waals surface area contributed by atoms with E-state index in [0.717, 1.165) is 11.0 Å². The summed E-state index contributed by atoms with van der Waals surface area (Å²) in [5.41, 5.74) is -0.270. The van der Waals surface area contributed by atoms with Crippen LogP contribution in [0, 0.1) is 0 Å². The number of thiocarbonyl (C=S) groups is 1. The van der Waals surface area contributed by atoms with Crippen LogP contribution in [0.2, 0.25) is 0 Å². The first-order valence-electron chi connectivity index (χ1n) is 9.65. The molecular formula is C24H16N2O6S. The zero-order chi connectivity index (χ0) is 23.5. The summed E-state index contributed by atoms with van der Waals surface area (Å²) in [6, 6.07) is 19.7. The summed E-state index contributed by atoms with van der Waals surface area (Å²) >= 11 is 5.19. The van der Waals surface area contributed by atoms with Crippen molar-refractivity contribution < 1.29 is 29.3 Å². The molecule has 1 aliphatic heterocycles. The molecule has 1 fully saturated rings. The van der Waals surface area contributed by atoms with Crippen LogP contribution in [-0.4, -0.2) is 33.1 Å². The fraction of sp³-hybridized carbons (Fsp3) is 0. The van der Waals surface area contributed by atoms with Gasteiger partial charge in [-0.1, -0.05) is 30.3 Å². The van der Waals surface area contributed by atoms with E-state index in [2.05, 4.69) is 5.32 Å². The Hall–Kier alpha value is -4.50. The van der Waals surface area contributed by atoms with E-state index in [-0.39, 0.29) is 21.8 Å². The third-order valence-electron chi connectivity index (χ3n) is 4.77. The molecule has 0 aromatic heterocycles. The van der Waals surface area contributed by atoms with Gasteiger partial charge in [0, 0.05) is 5.56 Å². The van der Waals surface area contributed by atoms with Gasteiger partial charge in [-0.15, -0.1) is 0 Å². The molecule has 33 heavy (non-hydrogen) atoms. The molecule has 0 spiro atoms. The lowest BCUT2D eigenvalue weighted by Crippen LogP contribution is -2.54. The first kappa shape index (κ1) is 21.7. The molecular weight excluding hydrogens is 444 g/mol. The third kappa shape index (κ3) is 4.43. The van der Waals surface area contributed by atoms with E-state index in [1.165, 1.54) is 18.2 Å². The van der Waals surface area contributed by atoms with Crippen LogP contribution < -0.4 is 15.0 Å². The maximum Gasteiger partial charge on any atom is 0.339 e. The Morgan fingerprint density at radius 3 is 2.27 bits per heavy atom. The summed E-state index contributed by atoms with van der Waals surface area (Å²) in [6.45, 7) is 0. The molecule has 2 amide bonds. The maximum atomic E-state index is 13.1. The number of carbonyl (C=O) groups excluding carboxylic acids is 2. The van der Waals surface area contributed by atoms with E-state index in [1.807, 2.05) is 18.2 Å². The van der Waals surface area contributed by atoms with Crippen molar-refractivity contribution in [2.45, 2.75) is 0 Å².